The average molecular weight is 269 g/mol. The lowest BCUT2D eigenvalue weighted by Gasteiger charge is -1.99. The maximum Gasteiger partial charge on any atom is 0.304 e. The molecule has 0 fully saturated rings. The van der Waals surface area contributed by atoms with Crippen LogP contribution in [0, 0.1) is 0 Å². The van der Waals surface area contributed by atoms with Crippen molar-refractivity contribution < 1.29 is 4.79 Å². The summed E-state index contributed by atoms with van der Waals surface area (Å²) in [6, 6.07) is 1.77. The zero-order chi connectivity index (χ0) is 12.3. The van der Waals surface area contributed by atoms with Crippen LogP contribution in [0.1, 0.15) is 20.9 Å². The molecule has 0 spiro atoms. The Morgan fingerprint density at radius 3 is 2.76 bits per heavy atom. The molecule has 2 aromatic rings. The normalized spacial score (nSPS) is 10.6. The SMILES string of the molecule is NC(=O)c1csc(CNCc2csc(=O)[nH]2)c1. The zero-order valence-corrected chi connectivity index (χ0v) is 10.5. The highest BCUT2D eigenvalue weighted by Crippen LogP contribution is 2.13. The number of H-pyrrole nitrogens is 1. The van der Waals surface area contributed by atoms with Gasteiger partial charge in [0.2, 0.25) is 5.91 Å². The Bertz CT molecular complexity index is 570. The summed E-state index contributed by atoms with van der Waals surface area (Å²) in [5.41, 5.74) is 6.56. The summed E-state index contributed by atoms with van der Waals surface area (Å²) in [6.07, 6.45) is 0. The van der Waals surface area contributed by atoms with Gasteiger partial charge in [-0.2, -0.15) is 0 Å². The van der Waals surface area contributed by atoms with Crippen LogP contribution in [0.15, 0.2) is 21.6 Å². The number of thiophene rings is 1. The first kappa shape index (κ1) is 12.0. The van der Waals surface area contributed by atoms with E-state index in [0.717, 1.165) is 21.9 Å². The molecule has 0 aliphatic heterocycles. The van der Waals surface area contributed by atoms with Crippen LogP contribution in [0.3, 0.4) is 0 Å². The lowest BCUT2D eigenvalue weighted by Crippen LogP contribution is -2.13. The highest BCUT2D eigenvalue weighted by atomic mass is 32.1. The summed E-state index contributed by atoms with van der Waals surface area (Å²) in [5.74, 6) is -0.408. The second-order valence-electron chi connectivity index (χ2n) is 3.44. The van der Waals surface area contributed by atoms with Crippen LogP contribution in [0.2, 0.25) is 0 Å². The van der Waals surface area contributed by atoms with Gasteiger partial charge in [0.25, 0.3) is 0 Å². The van der Waals surface area contributed by atoms with Crippen molar-refractivity contribution in [2.75, 3.05) is 0 Å². The van der Waals surface area contributed by atoms with E-state index in [4.69, 9.17) is 5.73 Å². The molecule has 0 bridgehead atoms. The molecule has 0 atom stereocenters. The number of primary amides is 1. The Balaban J connectivity index is 1.85. The van der Waals surface area contributed by atoms with Crippen molar-refractivity contribution in [2.45, 2.75) is 13.1 Å². The molecule has 5 nitrogen and oxygen atoms in total. The van der Waals surface area contributed by atoms with Gasteiger partial charge in [-0.25, -0.2) is 0 Å². The molecule has 1 amide bonds. The maximum atomic E-state index is 10.9. The van der Waals surface area contributed by atoms with Crippen LogP contribution >= 0.6 is 22.7 Å². The molecule has 2 heterocycles. The molecular weight excluding hydrogens is 258 g/mol. The van der Waals surface area contributed by atoms with Gasteiger partial charge in [-0.1, -0.05) is 11.3 Å². The number of amides is 1. The fourth-order valence-electron chi connectivity index (χ4n) is 1.32. The van der Waals surface area contributed by atoms with Crippen LogP contribution in [0.4, 0.5) is 0 Å². The molecule has 7 heteroatoms. The average Bonchev–Trinajstić information content (AvgIpc) is 2.88. The second-order valence-corrected chi connectivity index (χ2v) is 5.28. The van der Waals surface area contributed by atoms with Crippen molar-refractivity contribution in [2.24, 2.45) is 5.73 Å². The predicted octanol–water partition coefficient (Wildman–Crippen LogP) is 0.887. The van der Waals surface area contributed by atoms with Crippen molar-refractivity contribution in [1.82, 2.24) is 10.3 Å². The van der Waals surface area contributed by atoms with E-state index in [9.17, 15) is 9.59 Å². The molecular formula is C10H11N3O2S2. The number of aromatic amines is 1. The summed E-state index contributed by atoms with van der Waals surface area (Å²) in [7, 11) is 0. The third-order valence-corrected chi connectivity index (χ3v) is 3.78. The van der Waals surface area contributed by atoms with Crippen molar-refractivity contribution in [1.29, 1.82) is 0 Å². The number of hydrogen-bond donors (Lipinski definition) is 3. The van der Waals surface area contributed by atoms with Gasteiger partial charge >= 0.3 is 4.87 Å². The largest absolute Gasteiger partial charge is 0.366 e. The van der Waals surface area contributed by atoms with Gasteiger partial charge in [0.1, 0.15) is 0 Å². The van der Waals surface area contributed by atoms with E-state index in [1.54, 1.807) is 16.8 Å². The van der Waals surface area contributed by atoms with Gasteiger partial charge in [-0.3, -0.25) is 9.59 Å². The van der Waals surface area contributed by atoms with E-state index < -0.39 is 5.91 Å². The molecule has 0 saturated heterocycles. The van der Waals surface area contributed by atoms with E-state index in [-0.39, 0.29) is 4.87 Å². The van der Waals surface area contributed by atoms with Gasteiger partial charge in [0.05, 0.1) is 5.56 Å². The highest BCUT2D eigenvalue weighted by Gasteiger charge is 2.04. The fourth-order valence-corrected chi connectivity index (χ4v) is 2.75. The van der Waals surface area contributed by atoms with Crippen molar-refractivity contribution in [3.8, 4) is 0 Å². The molecule has 0 aromatic carbocycles. The van der Waals surface area contributed by atoms with Crippen LogP contribution < -0.4 is 15.9 Å². The van der Waals surface area contributed by atoms with E-state index in [1.165, 1.54) is 11.3 Å². The summed E-state index contributed by atoms with van der Waals surface area (Å²) >= 11 is 2.63. The first-order valence-corrected chi connectivity index (χ1v) is 6.65. The number of rotatable bonds is 5. The molecule has 2 rings (SSSR count). The predicted molar refractivity (Wildman–Crippen MR) is 68.3 cm³/mol. The Morgan fingerprint density at radius 1 is 1.35 bits per heavy atom. The Morgan fingerprint density at radius 2 is 2.18 bits per heavy atom. The zero-order valence-electron chi connectivity index (χ0n) is 8.86. The topological polar surface area (TPSA) is 88.0 Å². The quantitative estimate of drug-likeness (QED) is 0.753. The molecule has 0 radical (unpaired) electrons. The van der Waals surface area contributed by atoms with Gasteiger partial charge in [0, 0.05) is 34.4 Å². The van der Waals surface area contributed by atoms with E-state index in [0.29, 0.717) is 18.7 Å². The molecule has 17 heavy (non-hydrogen) atoms. The molecule has 0 saturated carbocycles. The van der Waals surface area contributed by atoms with Crippen molar-refractivity contribution in [3.05, 3.63) is 42.6 Å². The van der Waals surface area contributed by atoms with Crippen molar-refractivity contribution >= 4 is 28.6 Å². The second kappa shape index (κ2) is 5.26. The summed E-state index contributed by atoms with van der Waals surface area (Å²) in [5, 5.41) is 6.71. The Kier molecular flexibility index (Phi) is 3.72. The lowest BCUT2D eigenvalue weighted by atomic mass is 10.3. The smallest absolute Gasteiger partial charge is 0.304 e. The monoisotopic (exact) mass is 269 g/mol. The standard InChI is InChI=1S/C10H11N3O2S2/c11-9(14)6-1-8(16-4-6)3-12-2-7-5-17-10(15)13-7/h1,4-5,12H,2-3H2,(H2,11,14)(H,13,15). The molecule has 4 N–H and O–H groups in total. The number of hydrogen-bond acceptors (Lipinski definition) is 5. The minimum atomic E-state index is -0.408. The van der Waals surface area contributed by atoms with Crippen LogP contribution in [0.5, 0.6) is 0 Å². The molecule has 0 aliphatic rings. The lowest BCUT2D eigenvalue weighted by molar-refractivity contribution is 0.100. The number of carbonyl (C=O) groups excluding carboxylic acids is 1. The number of nitrogens with two attached hydrogens (primary N) is 1. The Hall–Kier alpha value is -1.44. The van der Waals surface area contributed by atoms with Crippen LogP contribution in [0.25, 0.3) is 0 Å². The third-order valence-electron chi connectivity index (χ3n) is 2.12. The number of carbonyl (C=O) groups is 1. The first-order chi connectivity index (χ1) is 8.15. The fraction of sp³-hybridized carbons (Fsp3) is 0.200. The van der Waals surface area contributed by atoms with Crippen LogP contribution in [-0.4, -0.2) is 10.9 Å². The summed E-state index contributed by atoms with van der Waals surface area (Å²) < 4.78 is 0. The van der Waals surface area contributed by atoms with Gasteiger partial charge in [0.15, 0.2) is 0 Å². The number of thiazole rings is 1. The minimum Gasteiger partial charge on any atom is -0.366 e. The third kappa shape index (κ3) is 3.26. The van der Waals surface area contributed by atoms with Gasteiger partial charge in [-0.05, 0) is 6.07 Å². The molecule has 90 valence electrons. The van der Waals surface area contributed by atoms with Crippen molar-refractivity contribution in [3.63, 3.8) is 0 Å². The van der Waals surface area contributed by atoms with E-state index >= 15 is 0 Å². The molecule has 0 aliphatic carbocycles. The molecule has 0 unspecified atom stereocenters. The first-order valence-electron chi connectivity index (χ1n) is 4.90. The number of nitrogens with one attached hydrogen (secondary N) is 2. The Labute approximate surface area is 105 Å². The van der Waals surface area contributed by atoms with Gasteiger partial charge < -0.3 is 16.0 Å². The van der Waals surface area contributed by atoms with E-state index in [2.05, 4.69) is 10.3 Å². The van der Waals surface area contributed by atoms with E-state index in [1.807, 2.05) is 0 Å². The van der Waals surface area contributed by atoms with Gasteiger partial charge in [-0.15, -0.1) is 11.3 Å². The minimum absolute atomic E-state index is 0.0473. The summed E-state index contributed by atoms with van der Waals surface area (Å²) in [6.45, 7) is 1.25. The highest BCUT2D eigenvalue weighted by molar-refractivity contribution is 7.10. The maximum absolute atomic E-state index is 10.9. The number of aromatic nitrogens is 1. The summed E-state index contributed by atoms with van der Waals surface area (Å²) in [4.78, 5) is 25.5. The van der Waals surface area contributed by atoms with Crippen LogP contribution in [-0.2, 0) is 13.1 Å². The molecule has 2 aromatic heterocycles.